The second-order valence-corrected chi connectivity index (χ2v) is 10.6. The lowest BCUT2D eigenvalue weighted by atomic mass is 10.1. The largest absolute Gasteiger partial charge is 0.379 e. The van der Waals surface area contributed by atoms with Crippen LogP contribution in [0.1, 0.15) is 15.9 Å². The van der Waals surface area contributed by atoms with Crippen molar-refractivity contribution in [2.45, 2.75) is 11.4 Å². The van der Waals surface area contributed by atoms with Gasteiger partial charge in [-0.05, 0) is 35.9 Å². The number of morpholine rings is 1. The molecule has 0 saturated carbocycles. The summed E-state index contributed by atoms with van der Waals surface area (Å²) < 4.78 is 32.6. The van der Waals surface area contributed by atoms with E-state index in [2.05, 4.69) is 4.90 Å². The van der Waals surface area contributed by atoms with E-state index in [4.69, 9.17) is 27.9 Å². The van der Waals surface area contributed by atoms with Crippen LogP contribution in [0.25, 0.3) is 0 Å². The number of sulfonamides is 1. The van der Waals surface area contributed by atoms with Gasteiger partial charge in [-0.3, -0.25) is 9.69 Å². The summed E-state index contributed by atoms with van der Waals surface area (Å²) in [6.07, 6.45) is 0. The minimum absolute atomic E-state index is 0.0830. The second-order valence-electron chi connectivity index (χ2n) is 7.86. The number of nitrogens with zero attached hydrogens (tertiary/aromatic N) is 3. The highest BCUT2D eigenvalue weighted by molar-refractivity contribution is 7.89. The SMILES string of the molecule is O=C(c1cccc(CN2CCOCC2)c1)N1CCN(S(=O)(=O)c2ccc(Cl)c(Cl)c2)CC1. The van der Waals surface area contributed by atoms with E-state index < -0.39 is 10.0 Å². The van der Waals surface area contributed by atoms with Crippen LogP contribution in [-0.4, -0.2) is 80.9 Å². The molecule has 10 heteroatoms. The minimum Gasteiger partial charge on any atom is -0.379 e. The molecule has 2 fully saturated rings. The van der Waals surface area contributed by atoms with Crippen molar-refractivity contribution >= 4 is 39.1 Å². The van der Waals surface area contributed by atoms with Crippen molar-refractivity contribution in [2.24, 2.45) is 0 Å². The number of benzene rings is 2. The molecule has 7 nitrogen and oxygen atoms in total. The van der Waals surface area contributed by atoms with Crippen LogP contribution >= 0.6 is 23.2 Å². The third-order valence-electron chi connectivity index (χ3n) is 5.74. The van der Waals surface area contributed by atoms with E-state index >= 15 is 0 Å². The third-order valence-corrected chi connectivity index (χ3v) is 8.37. The third kappa shape index (κ3) is 5.27. The van der Waals surface area contributed by atoms with Crippen molar-refractivity contribution in [2.75, 3.05) is 52.5 Å². The van der Waals surface area contributed by atoms with Crippen molar-refractivity contribution in [3.8, 4) is 0 Å². The summed E-state index contributed by atoms with van der Waals surface area (Å²) in [7, 11) is -3.70. The first-order chi connectivity index (χ1) is 15.3. The molecule has 0 unspecified atom stereocenters. The van der Waals surface area contributed by atoms with Crippen molar-refractivity contribution in [3.63, 3.8) is 0 Å². The predicted octanol–water partition coefficient (Wildman–Crippen LogP) is 2.97. The van der Waals surface area contributed by atoms with E-state index in [1.165, 1.54) is 22.5 Å². The number of halogens is 2. The number of piperazine rings is 1. The van der Waals surface area contributed by atoms with Crippen LogP contribution in [0.15, 0.2) is 47.4 Å². The molecule has 0 atom stereocenters. The van der Waals surface area contributed by atoms with Crippen LogP contribution < -0.4 is 0 Å². The molecular weight excluding hydrogens is 473 g/mol. The van der Waals surface area contributed by atoms with E-state index in [0.29, 0.717) is 23.7 Å². The Balaban J connectivity index is 1.39. The fourth-order valence-corrected chi connectivity index (χ4v) is 5.73. The molecule has 0 radical (unpaired) electrons. The van der Waals surface area contributed by atoms with E-state index in [9.17, 15) is 13.2 Å². The van der Waals surface area contributed by atoms with E-state index in [0.717, 1.165) is 38.4 Å². The van der Waals surface area contributed by atoms with Gasteiger partial charge >= 0.3 is 0 Å². The first-order valence-electron chi connectivity index (χ1n) is 10.5. The fraction of sp³-hybridized carbons (Fsp3) is 0.409. The summed E-state index contributed by atoms with van der Waals surface area (Å²) in [6.45, 7) is 5.10. The molecule has 2 saturated heterocycles. The number of hydrogen-bond acceptors (Lipinski definition) is 5. The zero-order valence-corrected chi connectivity index (χ0v) is 19.9. The Morgan fingerprint density at radius 1 is 0.906 bits per heavy atom. The van der Waals surface area contributed by atoms with Gasteiger partial charge in [0.15, 0.2) is 0 Å². The quantitative estimate of drug-likeness (QED) is 0.634. The maximum Gasteiger partial charge on any atom is 0.253 e. The maximum absolute atomic E-state index is 13.0. The molecule has 172 valence electrons. The Labute approximate surface area is 198 Å². The lowest BCUT2D eigenvalue weighted by molar-refractivity contribution is 0.0341. The average Bonchev–Trinajstić information content (AvgIpc) is 2.81. The minimum atomic E-state index is -3.70. The molecule has 2 heterocycles. The summed E-state index contributed by atoms with van der Waals surface area (Å²) in [6, 6.07) is 11.9. The molecule has 0 bridgehead atoms. The van der Waals surface area contributed by atoms with E-state index in [1.807, 2.05) is 24.3 Å². The van der Waals surface area contributed by atoms with Gasteiger partial charge in [0.05, 0.1) is 28.2 Å². The number of rotatable bonds is 5. The van der Waals surface area contributed by atoms with Crippen LogP contribution in [0.5, 0.6) is 0 Å². The Morgan fingerprint density at radius 2 is 1.62 bits per heavy atom. The van der Waals surface area contributed by atoms with E-state index in [-0.39, 0.29) is 28.9 Å². The average molecular weight is 498 g/mol. The van der Waals surface area contributed by atoms with E-state index in [1.54, 1.807) is 4.90 Å². The molecule has 0 spiro atoms. The summed E-state index contributed by atoms with van der Waals surface area (Å²) in [5.41, 5.74) is 1.70. The molecule has 2 aliphatic rings. The summed E-state index contributed by atoms with van der Waals surface area (Å²) in [5.74, 6) is -0.0830. The summed E-state index contributed by atoms with van der Waals surface area (Å²) in [4.78, 5) is 17.2. The molecular formula is C22H25Cl2N3O4S. The van der Waals surface area contributed by atoms with Crippen LogP contribution in [-0.2, 0) is 21.3 Å². The molecule has 0 aromatic heterocycles. The van der Waals surface area contributed by atoms with Gasteiger partial charge in [-0.1, -0.05) is 35.3 Å². The van der Waals surface area contributed by atoms with Gasteiger partial charge in [-0.15, -0.1) is 0 Å². The fourth-order valence-electron chi connectivity index (χ4n) is 3.92. The zero-order chi connectivity index (χ0) is 22.7. The maximum atomic E-state index is 13.0. The highest BCUT2D eigenvalue weighted by atomic mass is 35.5. The highest BCUT2D eigenvalue weighted by Crippen LogP contribution is 2.27. The normalized spacial score (nSPS) is 18.6. The Hall–Kier alpha value is -1.68. The topological polar surface area (TPSA) is 70.2 Å². The molecule has 2 aromatic rings. The highest BCUT2D eigenvalue weighted by Gasteiger charge is 2.31. The van der Waals surface area contributed by atoms with Gasteiger partial charge in [-0.2, -0.15) is 4.31 Å². The number of carbonyl (C=O) groups is 1. The van der Waals surface area contributed by atoms with Crippen LogP contribution in [0, 0.1) is 0 Å². The van der Waals surface area contributed by atoms with Crippen molar-refractivity contribution in [1.29, 1.82) is 0 Å². The first-order valence-corrected chi connectivity index (χ1v) is 12.7. The second kappa shape index (κ2) is 10.1. The smallest absolute Gasteiger partial charge is 0.253 e. The lowest BCUT2D eigenvalue weighted by Gasteiger charge is -2.34. The van der Waals surface area contributed by atoms with Crippen molar-refractivity contribution in [1.82, 2.24) is 14.1 Å². The predicted molar refractivity (Wildman–Crippen MR) is 124 cm³/mol. The number of carbonyl (C=O) groups excluding carboxylic acids is 1. The molecule has 2 aromatic carbocycles. The standard InChI is InChI=1S/C22H25Cl2N3O4S/c23-20-5-4-19(15-21(20)24)32(29,30)27-8-6-26(7-9-27)22(28)18-3-1-2-17(14-18)16-25-10-12-31-13-11-25/h1-5,14-15H,6-13,16H2. The van der Waals surface area contributed by atoms with Crippen LogP contribution in [0.3, 0.4) is 0 Å². The van der Waals surface area contributed by atoms with Crippen LogP contribution in [0.2, 0.25) is 10.0 Å². The molecule has 4 rings (SSSR count). The molecule has 2 aliphatic heterocycles. The van der Waals surface area contributed by atoms with Gasteiger partial charge in [0.2, 0.25) is 10.0 Å². The monoisotopic (exact) mass is 497 g/mol. The number of hydrogen-bond donors (Lipinski definition) is 0. The molecule has 0 N–H and O–H groups in total. The van der Waals surface area contributed by atoms with Gasteiger partial charge in [0.1, 0.15) is 0 Å². The van der Waals surface area contributed by atoms with Crippen molar-refractivity contribution in [3.05, 3.63) is 63.6 Å². The Bertz CT molecular complexity index is 1080. The van der Waals surface area contributed by atoms with Gasteiger partial charge < -0.3 is 9.64 Å². The Kier molecular flexibility index (Phi) is 7.39. The summed E-state index contributed by atoms with van der Waals surface area (Å²) in [5, 5.41) is 0.496. The lowest BCUT2D eigenvalue weighted by Crippen LogP contribution is -2.50. The zero-order valence-electron chi connectivity index (χ0n) is 17.5. The Morgan fingerprint density at radius 3 is 2.31 bits per heavy atom. The van der Waals surface area contributed by atoms with Gasteiger partial charge in [0.25, 0.3) is 5.91 Å². The van der Waals surface area contributed by atoms with Crippen molar-refractivity contribution < 1.29 is 17.9 Å². The first kappa shape index (κ1) is 23.5. The number of ether oxygens (including phenoxy) is 1. The van der Waals surface area contributed by atoms with Crippen LogP contribution in [0.4, 0.5) is 0 Å². The molecule has 0 aliphatic carbocycles. The van der Waals surface area contributed by atoms with Gasteiger partial charge in [0, 0.05) is 51.4 Å². The molecule has 1 amide bonds. The summed E-state index contributed by atoms with van der Waals surface area (Å²) >= 11 is 11.9. The molecule has 32 heavy (non-hydrogen) atoms. The number of amides is 1. The van der Waals surface area contributed by atoms with Gasteiger partial charge in [-0.25, -0.2) is 8.42 Å².